The van der Waals surface area contributed by atoms with Crippen LogP contribution >= 0.6 is 0 Å². The molecule has 6 heteroatoms. The van der Waals surface area contributed by atoms with Gasteiger partial charge >= 0.3 is 5.97 Å². The SMILES string of the molecule is COC(=O)c1ccc(NC(=O)c2ccc(N)cc2N)cc1. The molecule has 21 heavy (non-hydrogen) atoms. The van der Waals surface area contributed by atoms with E-state index in [1.807, 2.05) is 0 Å². The zero-order valence-corrected chi connectivity index (χ0v) is 11.4. The van der Waals surface area contributed by atoms with Crippen LogP contribution < -0.4 is 16.8 Å². The quantitative estimate of drug-likeness (QED) is 0.589. The van der Waals surface area contributed by atoms with Gasteiger partial charge in [-0.1, -0.05) is 0 Å². The number of nitrogen functional groups attached to an aromatic ring is 2. The van der Waals surface area contributed by atoms with Crippen molar-refractivity contribution < 1.29 is 14.3 Å². The van der Waals surface area contributed by atoms with E-state index in [1.165, 1.54) is 13.2 Å². The van der Waals surface area contributed by atoms with Gasteiger partial charge in [-0.2, -0.15) is 0 Å². The van der Waals surface area contributed by atoms with Crippen molar-refractivity contribution in [3.8, 4) is 0 Å². The van der Waals surface area contributed by atoms with E-state index in [9.17, 15) is 9.59 Å². The number of nitrogens with one attached hydrogen (secondary N) is 1. The minimum absolute atomic E-state index is 0.304. The van der Waals surface area contributed by atoms with E-state index >= 15 is 0 Å². The smallest absolute Gasteiger partial charge is 0.337 e. The number of anilines is 3. The van der Waals surface area contributed by atoms with E-state index in [0.29, 0.717) is 28.2 Å². The van der Waals surface area contributed by atoms with E-state index in [4.69, 9.17) is 11.5 Å². The number of hydrogen-bond acceptors (Lipinski definition) is 5. The molecule has 2 aromatic rings. The molecule has 0 atom stereocenters. The van der Waals surface area contributed by atoms with E-state index in [1.54, 1.807) is 36.4 Å². The van der Waals surface area contributed by atoms with Gasteiger partial charge in [-0.15, -0.1) is 0 Å². The first kappa shape index (κ1) is 14.4. The summed E-state index contributed by atoms with van der Waals surface area (Å²) in [5.41, 5.74) is 13.4. The molecule has 108 valence electrons. The fourth-order valence-electron chi connectivity index (χ4n) is 1.79. The molecule has 1 amide bonds. The number of carbonyl (C=O) groups is 2. The van der Waals surface area contributed by atoms with Crippen molar-refractivity contribution in [1.82, 2.24) is 0 Å². The highest BCUT2D eigenvalue weighted by Gasteiger charge is 2.11. The highest BCUT2D eigenvalue weighted by atomic mass is 16.5. The summed E-state index contributed by atoms with van der Waals surface area (Å²) >= 11 is 0. The summed E-state index contributed by atoms with van der Waals surface area (Å²) in [5, 5.41) is 2.69. The number of hydrogen-bond donors (Lipinski definition) is 3. The Kier molecular flexibility index (Phi) is 4.08. The van der Waals surface area contributed by atoms with Gasteiger partial charge in [0, 0.05) is 17.1 Å². The number of amides is 1. The average molecular weight is 285 g/mol. The lowest BCUT2D eigenvalue weighted by Gasteiger charge is -2.08. The van der Waals surface area contributed by atoms with Crippen molar-refractivity contribution in [1.29, 1.82) is 0 Å². The van der Waals surface area contributed by atoms with Crippen molar-refractivity contribution in [3.05, 3.63) is 53.6 Å². The molecular weight excluding hydrogens is 270 g/mol. The molecule has 2 rings (SSSR count). The van der Waals surface area contributed by atoms with Gasteiger partial charge in [-0.05, 0) is 42.5 Å². The average Bonchev–Trinajstić information content (AvgIpc) is 2.47. The Morgan fingerprint density at radius 1 is 1.05 bits per heavy atom. The van der Waals surface area contributed by atoms with Gasteiger partial charge in [0.25, 0.3) is 5.91 Å². The Morgan fingerprint density at radius 2 is 1.71 bits per heavy atom. The second kappa shape index (κ2) is 5.96. The van der Waals surface area contributed by atoms with Crippen molar-refractivity contribution in [2.24, 2.45) is 0 Å². The van der Waals surface area contributed by atoms with Gasteiger partial charge in [0.1, 0.15) is 0 Å². The third-order valence-electron chi connectivity index (χ3n) is 2.88. The summed E-state index contributed by atoms with van der Waals surface area (Å²) in [6, 6.07) is 11.0. The minimum Gasteiger partial charge on any atom is -0.465 e. The van der Waals surface area contributed by atoms with Gasteiger partial charge in [-0.3, -0.25) is 4.79 Å². The standard InChI is InChI=1S/C15H15N3O3/c1-21-15(20)9-2-5-11(6-3-9)18-14(19)12-7-4-10(16)8-13(12)17/h2-8H,16-17H2,1H3,(H,18,19). The molecule has 0 aliphatic heterocycles. The molecule has 0 heterocycles. The first-order chi connectivity index (χ1) is 10.0. The first-order valence-corrected chi connectivity index (χ1v) is 6.16. The normalized spacial score (nSPS) is 9.95. The number of methoxy groups -OCH3 is 1. The molecule has 0 radical (unpaired) electrons. The number of benzene rings is 2. The number of carbonyl (C=O) groups excluding carboxylic acids is 2. The minimum atomic E-state index is -0.435. The van der Waals surface area contributed by atoms with Crippen molar-refractivity contribution in [3.63, 3.8) is 0 Å². The van der Waals surface area contributed by atoms with E-state index in [-0.39, 0.29) is 5.91 Å². The van der Waals surface area contributed by atoms with Crippen molar-refractivity contribution in [2.75, 3.05) is 23.9 Å². The van der Waals surface area contributed by atoms with Crippen LogP contribution in [0.2, 0.25) is 0 Å². The highest BCUT2D eigenvalue weighted by molar-refractivity contribution is 6.08. The second-order valence-electron chi connectivity index (χ2n) is 4.37. The molecule has 5 N–H and O–H groups in total. The van der Waals surface area contributed by atoms with E-state index < -0.39 is 5.97 Å². The number of esters is 1. The Bertz CT molecular complexity index is 681. The summed E-state index contributed by atoms with van der Waals surface area (Å²) in [7, 11) is 1.31. The molecule has 2 aromatic carbocycles. The number of rotatable bonds is 3. The molecule has 0 unspecified atom stereocenters. The molecule has 0 aliphatic carbocycles. The lowest BCUT2D eigenvalue weighted by atomic mass is 10.1. The monoisotopic (exact) mass is 285 g/mol. The zero-order chi connectivity index (χ0) is 15.4. The summed E-state index contributed by atoms with van der Waals surface area (Å²) in [6.45, 7) is 0. The molecule has 0 spiro atoms. The molecule has 0 saturated heterocycles. The van der Waals surface area contributed by atoms with E-state index in [2.05, 4.69) is 10.1 Å². The van der Waals surface area contributed by atoms with Crippen LogP contribution in [0.1, 0.15) is 20.7 Å². The Hall–Kier alpha value is -3.02. The molecule has 0 saturated carbocycles. The third-order valence-corrected chi connectivity index (χ3v) is 2.88. The molecule has 6 nitrogen and oxygen atoms in total. The Morgan fingerprint density at radius 3 is 2.29 bits per heavy atom. The van der Waals surface area contributed by atoms with E-state index in [0.717, 1.165) is 0 Å². The van der Waals surface area contributed by atoms with Crippen molar-refractivity contribution in [2.45, 2.75) is 0 Å². The fraction of sp³-hybridized carbons (Fsp3) is 0.0667. The lowest BCUT2D eigenvalue weighted by Crippen LogP contribution is -2.14. The third kappa shape index (κ3) is 3.30. The predicted molar refractivity (Wildman–Crippen MR) is 81.0 cm³/mol. The van der Waals surface area contributed by atoms with Gasteiger partial charge in [0.2, 0.25) is 0 Å². The summed E-state index contributed by atoms with van der Waals surface area (Å²) in [4.78, 5) is 23.4. The highest BCUT2D eigenvalue weighted by Crippen LogP contribution is 2.18. The Balaban J connectivity index is 2.14. The van der Waals surface area contributed by atoms with Crippen LogP contribution in [0.25, 0.3) is 0 Å². The maximum Gasteiger partial charge on any atom is 0.337 e. The van der Waals surface area contributed by atoms with Crippen LogP contribution in [0.15, 0.2) is 42.5 Å². The second-order valence-corrected chi connectivity index (χ2v) is 4.37. The summed E-state index contributed by atoms with van der Waals surface area (Å²) < 4.78 is 4.60. The fourth-order valence-corrected chi connectivity index (χ4v) is 1.79. The molecule has 0 fully saturated rings. The number of ether oxygens (including phenoxy) is 1. The van der Waals surface area contributed by atoms with Gasteiger partial charge in [0.05, 0.1) is 18.2 Å². The van der Waals surface area contributed by atoms with Gasteiger partial charge in [0.15, 0.2) is 0 Å². The van der Waals surface area contributed by atoms with Crippen LogP contribution in [0.3, 0.4) is 0 Å². The largest absolute Gasteiger partial charge is 0.465 e. The maximum absolute atomic E-state index is 12.1. The van der Waals surface area contributed by atoms with Crippen molar-refractivity contribution >= 4 is 28.9 Å². The molecule has 0 aromatic heterocycles. The van der Waals surface area contributed by atoms with Crippen LogP contribution in [-0.2, 0) is 4.74 Å². The maximum atomic E-state index is 12.1. The zero-order valence-electron chi connectivity index (χ0n) is 11.4. The lowest BCUT2D eigenvalue weighted by molar-refractivity contribution is 0.0600. The predicted octanol–water partition coefficient (Wildman–Crippen LogP) is 1.89. The van der Waals surface area contributed by atoms with Crippen LogP contribution in [0, 0.1) is 0 Å². The first-order valence-electron chi connectivity index (χ1n) is 6.16. The summed E-state index contributed by atoms with van der Waals surface area (Å²) in [5.74, 6) is -0.783. The van der Waals surface area contributed by atoms with Crippen LogP contribution in [0.4, 0.5) is 17.1 Å². The molecule has 0 bridgehead atoms. The van der Waals surface area contributed by atoms with Gasteiger partial charge < -0.3 is 21.5 Å². The topological polar surface area (TPSA) is 107 Å². The molecule has 0 aliphatic rings. The number of nitrogens with two attached hydrogens (primary N) is 2. The van der Waals surface area contributed by atoms with Crippen LogP contribution in [-0.4, -0.2) is 19.0 Å². The Labute approximate surface area is 121 Å². The van der Waals surface area contributed by atoms with Gasteiger partial charge in [-0.25, -0.2) is 4.79 Å². The van der Waals surface area contributed by atoms with Crippen LogP contribution in [0.5, 0.6) is 0 Å². The molecular formula is C15H15N3O3. The summed E-state index contributed by atoms with van der Waals surface area (Å²) in [6.07, 6.45) is 0.